The summed E-state index contributed by atoms with van der Waals surface area (Å²) in [6, 6.07) is 0. The van der Waals surface area contributed by atoms with Crippen LogP contribution in [0, 0.1) is 0 Å². The van der Waals surface area contributed by atoms with Gasteiger partial charge in [-0.05, 0) is 29.5 Å². The molecule has 90 valence electrons. The first-order chi connectivity index (χ1) is 8.28. The minimum Gasteiger partial charge on any atom is -0.263 e. The van der Waals surface area contributed by atoms with Gasteiger partial charge in [-0.25, -0.2) is 0 Å². The molecule has 0 aromatic carbocycles. The Bertz CT molecular complexity index is 427. The molecule has 0 saturated carbocycles. The molecule has 0 bridgehead atoms. The van der Waals surface area contributed by atoms with Crippen molar-refractivity contribution in [2.24, 2.45) is 0 Å². The summed E-state index contributed by atoms with van der Waals surface area (Å²) in [6.07, 6.45) is 13.0. The maximum atomic E-state index is 4.29. The minimum absolute atomic E-state index is 1.05. The van der Waals surface area contributed by atoms with E-state index in [2.05, 4.69) is 38.1 Å². The lowest BCUT2D eigenvalue weighted by Crippen LogP contribution is -1.94. The van der Waals surface area contributed by atoms with E-state index in [1.54, 1.807) is 0 Å². The van der Waals surface area contributed by atoms with Gasteiger partial charge in [0.25, 0.3) is 0 Å². The number of pyridine rings is 1. The maximum absolute atomic E-state index is 4.29. The van der Waals surface area contributed by atoms with Crippen molar-refractivity contribution in [3.63, 3.8) is 0 Å². The first-order valence-electron chi connectivity index (χ1n) is 6.20. The molecule has 0 N–H and O–H groups in total. The van der Waals surface area contributed by atoms with Gasteiger partial charge in [0.05, 0.1) is 0 Å². The van der Waals surface area contributed by atoms with Gasteiger partial charge in [0, 0.05) is 18.0 Å². The zero-order chi connectivity index (χ0) is 12.7. The summed E-state index contributed by atoms with van der Waals surface area (Å²) in [5.74, 6) is 0. The molecule has 0 aliphatic carbocycles. The van der Waals surface area contributed by atoms with Crippen LogP contribution in [0.5, 0.6) is 0 Å². The lowest BCUT2D eigenvalue weighted by molar-refractivity contribution is 0.965. The monoisotopic (exact) mass is 227 g/mol. The second-order valence-corrected chi connectivity index (χ2v) is 3.99. The molecule has 0 aliphatic rings. The molecule has 0 saturated heterocycles. The lowest BCUT2D eigenvalue weighted by Gasteiger charge is -2.12. The topological polar surface area (TPSA) is 12.9 Å². The van der Waals surface area contributed by atoms with Crippen LogP contribution in [0.1, 0.15) is 49.8 Å². The zero-order valence-corrected chi connectivity index (χ0v) is 10.9. The summed E-state index contributed by atoms with van der Waals surface area (Å²) in [5, 5.41) is 0. The normalized spacial score (nSPS) is 11.3. The molecular weight excluding hydrogens is 206 g/mol. The second kappa shape index (κ2) is 6.85. The van der Waals surface area contributed by atoms with Crippen molar-refractivity contribution in [3.05, 3.63) is 48.3 Å². The van der Waals surface area contributed by atoms with Crippen LogP contribution in [0.3, 0.4) is 0 Å². The van der Waals surface area contributed by atoms with E-state index in [-0.39, 0.29) is 0 Å². The van der Waals surface area contributed by atoms with E-state index in [9.17, 15) is 0 Å². The van der Waals surface area contributed by atoms with E-state index in [0.717, 1.165) is 30.4 Å². The van der Waals surface area contributed by atoms with Crippen LogP contribution in [0.2, 0.25) is 0 Å². The summed E-state index contributed by atoms with van der Waals surface area (Å²) < 4.78 is 0. The van der Waals surface area contributed by atoms with Gasteiger partial charge in [-0.2, -0.15) is 0 Å². The van der Waals surface area contributed by atoms with Crippen LogP contribution in [-0.2, 0) is 0 Å². The Labute approximate surface area is 105 Å². The highest BCUT2D eigenvalue weighted by molar-refractivity contribution is 5.78. The number of allylic oxidation sites excluding steroid dienone is 2. The highest BCUT2D eigenvalue weighted by atomic mass is 14.6. The van der Waals surface area contributed by atoms with Gasteiger partial charge in [-0.3, -0.25) is 4.98 Å². The largest absolute Gasteiger partial charge is 0.263 e. The van der Waals surface area contributed by atoms with Crippen LogP contribution < -0.4 is 0 Å². The van der Waals surface area contributed by atoms with Crippen molar-refractivity contribution in [1.82, 2.24) is 4.98 Å². The Kier molecular flexibility index (Phi) is 5.41. The van der Waals surface area contributed by atoms with Gasteiger partial charge in [0.2, 0.25) is 0 Å². The molecule has 1 rings (SSSR count). The summed E-state index contributed by atoms with van der Waals surface area (Å²) >= 11 is 0. The number of hydrogen-bond acceptors (Lipinski definition) is 1. The van der Waals surface area contributed by atoms with Gasteiger partial charge in [0.15, 0.2) is 0 Å². The standard InChI is InChI=1S/C16H21N/c1-5-9-14(10-6-2)16-12-17-11-13(7-3)15(16)8-4/h7-9,11-12H,3-6,10H2,1-2H3/b14-9+. The van der Waals surface area contributed by atoms with Crippen LogP contribution >= 0.6 is 0 Å². The highest BCUT2D eigenvalue weighted by Gasteiger charge is 2.08. The quantitative estimate of drug-likeness (QED) is 0.669. The molecule has 17 heavy (non-hydrogen) atoms. The zero-order valence-electron chi connectivity index (χ0n) is 10.9. The third-order valence-electron chi connectivity index (χ3n) is 2.76. The fraction of sp³-hybridized carbons (Fsp3) is 0.312. The van der Waals surface area contributed by atoms with Crippen molar-refractivity contribution < 1.29 is 0 Å². The van der Waals surface area contributed by atoms with Crippen LogP contribution in [-0.4, -0.2) is 4.98 Å². The molecular formula is C16H21N. The summed E-state index contributed by atoms with van der Waals surface area (Å²) in [4.78, 5) is 4.29. The second-order valence-electron chi connectivity index (χ2n) is 3.99. The third-order valence-corrected chi connectivity index (χ3v) is 2.76. The van der Waals surface area contributed by atoms with E-state index in [1.807, 2.05) is 24.5 Å². The van der Waals surface area contributed by atoms with Crippen LogP contribution in [0.25, 0.3) is 17.7 Å². The van der Waals surface area contributed by atoms with Gasteiger partial charge >= 0.3 is 0 Å². The average molecular weight is 227 g/mol. The molecule has 0 spiro atoms. The summed E-state index contributed by atoms with van der Waals surface area (Å²) in [7, 11) is 0. The SMILES string of the molecule is C=Cc1cncc(/C(=C/CC)CCC)c1C=C. The predicted octanol–water partition coefficient (Wildman–Crippen LogP) is 4.96. The predicted molar refractivity (Wildman–Crippen MR) is 77.6 cm³/mol. The molecule has 0 radical (unpaired) electrons. The number of hydrogen-bond donors (Lipinski definition) is 0. The van der Waals surface area contributed by atoms with E-state index in [0.29, 0.717) is 0 Å². The number of aromatic nitrogens is 1. The van der Waals surface area contributed by atoms with Crippen molar-refractivity contribution in [2.45, 2.75) is 33.1 Å². The average Bonchev–Trinajstić information content (AvgIpc) is 2.37. The van der Waals surface area contributed by atoms with Crippen LogP contribution in [0.4, 0.5) is 0 Å². The van der Waals surface area contributed by atoms with Crippen molar-refractivity contribution in [1.29, 1.82) is 0 Å². The Morgan fingerprint density at radius 2 is 2.00 bits per heavy atom. The fourth-order valence-corrected chi connectivity index (χ4v) is 2.00. The molecule has 0 atom stereocenters. The molecule has 0 aliphatic heterocycles. The molecule has 1 aromatic heterocycles. The Hall–Kier alpha value is -1.63. The van der Waals surface area contributed by atoms with Crippen molar-refractivity contribution >= 4 is 17.7 Å². The number of rotatable bonds is 6. The summed E-state index contributed by atoms with van der Waals surface area (Å²) in [6.45, 7) is 12.1. The molecule has 1 nitrogen and oxygen atoms in total. The van der Waals surface area contributed by atoms with Gasteiger partial charge in [-0.15, -0.1) is 0 Å². The minimum atomic E-state index is 1.05. The van der Waals surface area contributed by atoms with E-state index >= 15 is 0 Å². The smallest absolute Gasteiger partial charge is 0.0349 e. The van der Waals surface area contributed by atoms with Crippen LogP contribution in [0.15, 0.2) is 31.6 Å². The first kappa shape index (κ1) is 13.4. The Balaban J connectivity index is 3.32. The van der Waals surface area contributed by atoms with Crippen molar-refractivity contribution in [2.75, 3.05) is 0 Å². The van der Waals surface area contributed by atoms with Crippen molar-refractivity contribution in [3.8, 4) is 0 Å². The molecule has 0 fully saturated rings. The molecule has 1 aromatic rings. The Morgan fingerprint density at radius 3 is 2.53 bits per heavy atom. The Morgan fingerprint density at radius 1 is 1.24 bits per heavy atom. The third kappa shape index (κ3) is 3.16. The fourth-order valence-electron chi connectivity index (χ4n) is 2.00. The van der Waals surface area contributed by atoms with Gasteiger partial charge in [0.1, 0.15) is 0 Å². The lowest BCUT2D eigenvalue weighted by atomic mass is 9.94. The van der Waals surface area contributed by atoms with E-state index in [4.69, 9.17) is 0 Å². The first-order valence-corrected chi connectivity index (χ1v) is 6.20. The molecule has 1 heterocycles. The molecule has 0 unspecified atom stereocenters. The van der Waals surface area contributed by atoms with Gasteiger partial charge < -0.3 is 0 Å². The maximum Gasteiger partial charge on any atom is 0.0349 e. The highest BCUT2D eigenvalue weighted by Crippen LogP contribution is 2.27. The number of nitrogens with zero attached hydrogens (tertiary/aromatic N) is 1. The van der Waals surface area contributed by atoms with E-state index < -0.39 is 0 Å². The van der Waals surface area contributed by atoms with E-state index in [1.165, 1.54) is 11.1 Å². The summed E-state index contributed by atoms with van der Waals surface area (Å²) in [5.41, 5.74) is 4.75. The van der Waals surface area contributed by atoms with Gasteiger partial charge in [-0.1, -0.05) is 51.7 Å². The molecule has 0 amide bonds. The molecule has 1 heteroatoms.